The molecule has 0 radical (unpaired) electrons. The first-order valence-corrected chi connectivity index (χ1v) is 12.9. The van der Waals surface area contributed by atoms with Gasteiger partial charge in [0.1, 0.15) is 0 Å². The van der Waals surface area contributed by atoms with E-state index in [0.717, 1.165) is 24.5 Å². The Hall–Kier alpha value is -3.38. The summed E-state index contributed by atoms with van der Waals surface area (Å²) in [6, 6.07) is 33.5. The predicted octanol–water partition coefficient (Wildman–Crippen LogP) is 5.32. The van der Waals surface area contributed by atoms with Crippen LogP contribution in [0.2, 0.25) is 0 Å². The maximum atomic E-state index is 7.25. The fourth-order valence-electron chi connectivity index (χ4n) is 4.99. The molecular formula is C32H38N4O. The third kappa shape index (κ3) is 7.32. The molecule has 0 fully saturated rings. The monoisotopic (exact) mass is 494 g/mol. The van der Waals surface area contributed by atoms with Crippen molar-refractivity contribution in [3.63, 3.8) is 0 Å². The van der Waals surface area contributed by atoms with E-state index in [4.69, 9.17) is 14.7 Å². The van der Waals surface area contributed by atoms with Gasteiger partial charge in [0.05, 0.1) is 35.4 Å². The lowest BCUT2D eigenvalue weighted by Crippen LogP contribution is -2.43. The van der Waals surface area contributed by atoms with Crippen LogP contribution in [0.15, 0.2) is 109 Å². The molecule has 0 saturated carbocycles. The van der Waals surface area contributed by atoms with Crippen LogP contribution in [0.4, 0.5) is 0 Å². The van der Waals surface area contributed by atoms with Gasteiger partial charge >= 0.3 is 0 Å². The number of ether oxygens (including phenoxy) is 1. The number of nitrogens with zero attached hydrogens (tertiary/aromatic N) is 4. The highest BCUT2D eigenvalue weighted by atomic mass is 16.5. The summed E-state index contributed by atoms with van der Waals surface area (Å²) in [5.74, 6) is -0.0377. The van der Waals surface area contributed by atoms with Crippen LogP contribution in [0.1, 0.15) is 34.4 Å². The molecule has 0 N–H and O–H groups in total. The minimum Gasteiger partial charge on any atom is -0.370 e. The summed E-state index contributed by atoms with van der Waals surface area (Å²) >= 11 is 0. The molecule has 4 atom stereocenters. The Kier molecular flexibility index (Phi) is 9.55. The van der Waals surface area contributed by atoms with Crippen molar-refractivity contribution in [2.45, 2.75) is 24.0 Å². The van der Waals surface area contributed by atoms with Crippen LogP contribution in [0.3, 0.4) is 0 Å². The van der Waals surface area contributed by atoms with Gasteiger partial charge in [-0.2, -0.15) is 0 Å². The van der Waals surface area contributed by atoms with Gasteiger partial charge in [0.2, 0.25) is 0 Å². The van der Waals surface area contributed by atoms with Crippen molar-refractivity contribution in [1.29, 1.82) is 0 Å². The van der Waals surface area contributed by atoms with Crippen molar-refractivity contribution in [3.05, 3.63) is 132 Å². The van der Waals surface area contributed by atoms with Crippen LogP contribution >= 0.6 is 0 Å². The first-order chi connectivity index (χ1) is 18.0. The Balaban J connectivity index is 1.80. The average Bonchev–Trinajstić information content (AvgIpc) is 2.91. The molecule has 4 aromatic rings. The van der Waals surface area contributed by atoms with E-state index in [9.17, 15) is 0 Å². The molecule has 4 rings (SSSR count). The number of likely N-dealkylation sites (N-methyl/N-ethyl adjacent to an activating group) is 2. The van der Waals surface area contributed by atoms with Crippen LogP contribution < -0.4 is 0 Å². The molecule has 37 heavy (non-hydrogen) atoms. The van der Waals surface area contributed by atoms with Crippen molar-refractivity contribution in [1.82, 2.24) is 19.8 Å². The molecule has 2 aromatic carbocycles. The van der Waals surface area contributed by atoms with Gasteiger partial charge in [0.25, 0.3) is 0 Å². The molecule has 0 spiro atoms. The third-order valence-corrected chi connectivity index (χ3v) is 6.51. The zero-order valence-corrected chi connectivity index (χ0v) is 22.3. The van der Waals surface area contributed by atoms with E-state index in [-0.39, 0.29) is 24.0 Å². The highest BCUT2D eigenvalue weighted by Gasteiger charge is 2.34. The van der Waals surface area contributed by atoms with E-state index in [1.54, 1.807) is 0 Å². The standard InChI is InChI=1S/C32H38N4O/c1-35(2)23-29(31(25-15-7-5-8-16-25)27-19-11-13-21-33-27)37-30(24-36(3)4)32(26-17-9-6-10-18-26)28-20-12-14-22-34-28/h5-22,29-32H,23-24H2,1-4H3. The highest BCUT2D eigenvalue weighted by molar-refractivity contribution is 5.32. The Labute approximate surface area is 221 Å². The third-order valence-electron chi connectivity index (χ3n) is 6.51. The van der Waals surface area contributed by atoms with Crippen LogP contribution in [0, 0.1) is 0 Å². The number of pyridine rings is 2. The average molecular weight is 495 g/mol. The van der Waals surface area contributed by atoms with Crippen molar-refractivity contribution in [3.8, 4) is 0 Å². The summed E-state index contributed by atoms with van der Waals surface area (Å²) in [5, 5.41) is 0. The van der Waals surface area contributed by atoms with Crippen molar-refractivity contribution in [2.24, 2.45) is 0 Å². The normalized spacial score (nSPS) is 14.9. The molecule has 192 valence electrons. The van der Waals surface area contributed by atoms with Crippen molar-refractivity contribution in [2.75, 3.05) is 41.3 Å². The number of rotatable bonds is 12. The molecule has 0 aliphatic rings. The molecular weight excluding hydrogens is 456 g/mol. The fraction of sp³-hybridized carbons (Fsp3) is 0.312. The van der Waals surface area contributed by atoms with Crippen LogP contribution in [-0.4, -0.2) is 73.3 Å². The minimum atomic E-state index is -0.132. The molecule has 5 heteroatoms. The molecule has 2 heterocycles. The van der Waals surface area contributed by atoms with Crippen molar-refractivity contribution < 1.29 is 4.74 Å². The smallest absolute Gasteiger partial charge is 0.0830 e. The van der Waals surface area contributed by atoms with Crippen LogP contribution in [0.5, 0.6) is 0 Å². The summed E-state index contributed by atoms with van der Waals surface area (Å²) in [4.78, 5) is 14.0. The maximum absolute atomic E-state index is 7.25. The van der Waals surface area contributed by atoms with Gasteiger partial charge in [-0.15, -0.1) is 0 Å². The topological polar surface area (TPSA) is 41.5 Å². The number of aromatic nitrogens is 2. The molecule has 0 bridgehead atoms. The quantitative estimate of drug-likeness (QED) is 0.267. The lowest BCUT2D eigenvalue weighted by molar-refractivity contribution is -0.0481. The zero-order valence-electron chi connectivity index (χ0n) is 22.3. The first-order valence-electron chi connectivity index (χ1n) is 12.9. The molecule has 5 nitrogen and oxygen atoms in total. The van der Waals surface area contributed by atoms with E-state index in [1.807, 2.05) is 24.5 Å². The molecule has 2 aromatic heterocycles. The summed E-state index contributed by atoms with van der Waals surface area (Å²) in [6.07, 6.45) is 3.48. The first kappa shape index (κ1) is 26.7. The SMILES string of the molecule is CN(C)CC(OC(CN(C)C)C(c1ccccc1)c1ccccn1)C(c1ccccc1)c1ccccn1. The Bertz CT molecular complexity index is 997. The van der Waals surface area contributed by atoms with Crippen LogP contribution in [-0.2, 0) is 4.74 Å². The van der Waals surface area contributed by atoms with E-state index in [1.165, 1.54) is 11.1 Å². The van der Waals surface area contributed by atoms with Gasteiger partial charge in [-0.3, -0.25) is 9.97 Å². The summed E-state index contributed by atoms with van der Waals surface area (Å²) in [6.45, 7) is 1.51. The number of benzene rings is 2. The minimum absolute atomic E-state index is 0.0189. The largest absolute Gasteiger partial charge is 0.370 e. The summed E-state index contributed by atoms with van der Waals surface area (Å²) in [5.41, 5.74) is 4.42. The molecule has 0 aliphatic carbocycles. The fourth-order valence-corrected chi connectivity index (χ4v) is 4.99. The van der Waals surface area contributed by atoms with Gasteiger partial charge in [-0.25, -0.2) is 0 Å². The lowest BCUT2D eigenvalue weighted by atomic mass is 9.87. The van der Waals surface area contributed by atoms with Gasteiger partial charge < -0.3 is 14.5 Å². The van der Waals surface area contributed by atoms with Gasteiger partial charge in [-0.1, -0.05) is 72.8 Å². The second-order valence-electron chi connectivity index (χ2n) is 10.0. The molecule has 0 amide bonds. The summed E-state index contributed by atoms with van der Waals surface area (Å²) < 4.78 is 7.25. The second kappa shape index (κ2) is 13.2. The van der Waals surface area contributed by atoms with E-state index in [0.29, 0.717) is 0 Å². The number of hydrogen-bond donors (Lipinski definition) is 0. The van der Waals surface area contributed by atoms with E-state index in [2.05, 4.69) is 123 Å². The van der Waals surface area contributed by atoms with E-state index < -0.39 is 0 Å². The van der Waals surface area contributed by atoms with Crippen molar-refractivity contribution >= 4 is 0 Å². The van der Waals surface area contributed by atoms with Gasteiger partial charge in [-0.05, 0) is 63.6 Å². The van der Waals surface area contributed by atoms with E-state index >= 15 is 0 Å². The molecule has 4 unspecified atom stereocenters. The second-order valence-corrected chi connectivity index (χ2v) is 10.0. The highest BCUT2D eigenvalue weighted by Crippen LogP contribution is 2.35. The maximum Gasteiger partial charge on any atom is 0.0830 e. The van der Waals surface area contributed by atoms with Crippen LogP contribution in [0.25, 0.3) is 0 Å². The molecule has 0 aliphatic heterocycles. The predicted molar refractivity (Wildman–Crippen MR) is 151 cm³/mol. The number of hydrogen-bond acceptors (Lipinski definition) is 5. The van der Waals surface area contributed by atoms with Gasteiger partial charge in [0, 0.05) is 25.5 Å². The summed E-state index contributed by atoms with van der Waals surface area (Å²) in [7, 11) is 8.41. The zero-order chi connectivity index (χ0) is 26.0. The van der Waals surface area contributed by atoms with Gasteiger partial charge in [0.15, 0.2) is 0 Å². The Morgan fingerprint density at radius 2 is 0.919 bits per heavy atom. The Morgan fingerprint density at radius 1 is 0.541 bits per heavy atom. The molecule has 0 saturated heterocycles. The Morgan fingerprint density at radius 3 is 1.24 bits per heavy atom. The lowest BCUT2D eigenvalue weighted by Gasteiger charge is -2.37.